The number of carbonyl (C=O) groups is 5. The lowest BCUT2D eigenvalue weighted by Crippen LogP contribution is -2.38. The van der Waals surface area contributed by atoms with Crippen molar-refractivity contribution < 1.29 is 47.7 Å². The quantitative estimate of drug-likeness (QED) is 0.106. The van der Waals surface area contributed by atoms with Gasteiger partial charge in [0, 0.05) is 33.3 Å². The second-order valence-corrected chi connectivity index (χ2v) is 23.8. The lowest BCUT2D eigenvalue weighted by atomic mass is 9.70. The maximum absolute atomic E-state index is 11.6. The molecule has 0 aromatic rings. The summed E-state index contributed by atoms with van der Waals surface area (Å²) in [6, 6.07) is 0. The van der Waals surface area contributed by atoms with Crippen LogP contribution in [0.25, 0.3) is 0 Å². The van der Waals surface area contributed by atoms with Crippen LogP contribution in [0.4, 0.5) is 0 Å². The third kappa shape index (κ3) is 20.3. The molecule has 10 heteroatoms. The van der Waals surface area contributed by atoms with Crippen LogP contribution in [0.2, 0.25) is 0 Å². The van der Waals surface area contributed by atoms with Crippen molar-refractivity contribution in [1.29, 1.82) is 0 Å². The number of methoxy groups -OCH3 is 1. The van der Waals surface area contributed by atoms with Crippen LogP contribution in [0.5, 0.6) is 0 Å². The first-order valence-electron chi connectivity index (χ1n) is 28.4. The standard InChI is InChI=1S/C14H22O2.C11H18O2.C11H20.C10H16.2C6H10O2.C5H8O2/c1-9(2)12(15)16-11-8-10-6-7-14(11,5)13(10,3)4;1-8(2)11(12)13-10-6-4-9(3)5-7-10;1-2-3-4-10-7-9-5-6-11(10)8-9;1-2-9-7-4-5-8(6-7)10(9)3-1;2*1-4-8-6(7)5(2)3;1-4(2)5(6)7-3/h10-11H,1,6-8H2,2-5H3;9-10H,1,4-7H2,2-3H3;9-11H,2-8H2,1H3;7-10H,1-6H2;2*2,4H2,1,3H3;1H2,2-3H3. The summed E-state index contributed by atoms with van der Waals surface area (Å²) >= 11 is 0. The summed E-state index contributed by atoms with van der Waals surface area (Å²) in [5, 5.41) is 0. The Bertz CT molecular complexity index is 1810. The summed E-state index contributed by atoms with van der Waals surface area (Å²) in [6.07, 6.45) is 28.4. The van der Waals surface area contributed by atoms with E-state index in [-0.39, 0.29) is 47.5 Å². The molecule has 8 saturated carbocycles. The number of carbonyl (C=O) groups excluding carboxylic acids is 5. The molecule has 73 heavy (non-hydrogen) atoms. The molecular weight excluding hydrogens is 917 g/mol. The number of hydrogen-bond donors (Lipinski definition) is 0. The van der Waals surface area contributed by atoms with Gasteiger partial charge in [-0.2, -0.15) is 0 Å². The second-order valence-electron chi connectivity index (χ2n) is 23.8. The monoisotopic (exact) mass is 1020 g/mol. The van der Waals surface area contributed by atoms with E-state index >= 15 is 0 Å². The van der Waals surface area contributed by atoms with E-state index in [1.54, 1.807) is 113 Å². The van der Waals surface area contributed by atoms with Crippen LogP contribution in [0, 0.1) is 64.1 Å². The lowest BCUT2D eigenvalue weighted by Gasteiger charge is -2.38. The third-order valence-corrected chi connectivity index (χ3v) is 17.8. The van der Waals surface area contributed by atoms with Gasteiger partial charge >= 0.3 is 29.8 Å². The zero-order chi connectivity index (χ0) is 55.2. The number of hydrogen-bond acceptors (Lipinski definition) is 10. The van der Waals surface area contributed by atoms with Gasteiger partial charge in [0.25, 0.3) is 0 Å². The van der Waals surface area contributed by atoms with Gasteiger partial charge < -0.3 is 23.7 Å². The molecule has 0 aromatic heterocycles. The van der Waals surface area contributed by atoms with Gasteiger partial charge in [0.15, 0.2) is 0 Å². The van der Waals surface area contributed by atoms with Crippen molar-refractivity contribution in [2.75, 3.05) is 20.3 Å². The lowest BCUT2D eigenvalue weighted by molar-refractivity contribution is -0.152. The normalized spacial score (nSPS) is 30.5. The van der Waals surface area contributed by atoms with Gasteiger partial charge in [-0.05, 0) is 203 Å². The van der Waals surface area contributed by atoms with E-state index in [4.69, 9.17) is 9.47 Å². The van der Waals surface area contributed by atoms with E-state index in [2.05, 4.69) is 81.7 Å². The maximum Gasteiger partial charge on any atom is 0.333 e. The number of rotatable bonds is 12. The Hall–Kier alpha value is -3.95. The molecule has 0 N–H and O–H groups in total. The molecule has 8 fully saturated rings. The fourth-order valence-corrected chi connectivity index (χ4v) is 13.0. The average molecular weight is 1020 g/mol. The Morgan fingerprint density at radius 3 is 1.36 bits per heavy atom. The number of unbranched alkanes of at least 4 members (excludes halogenated alkanes) is 1. The van der Waals surface area contributed by atoms with Gasteiger partial charge in [0.05, 0.1) is 20.3 Å². The molecule has 8 aliphatic carbocycles. The van der Waals surface area contributed by atoms with Crippen LogP contribution in [0.1, 0.15) is 212 Å². The van der Waals surface area contributed by atoms with E-state index in [0.29, 0.717) is 52.4 Å². The van der Waals surface area contributed by atoms with Crippen LogP contribution < -0.4 is 0 Å². The minimum atomic E-state index is -0.347. The van der Waals surface area contributed by atoms with Gasteiger partial charge in [0.2, 0.25) is 0 Å². The summed E-state index contributed by atoms with van der Waals surface area (Å²) in [4.78, 5) is 53.8. The van der Waals surface area contributed by atoms with Crippen LogP contribution >= 0.6 is 0 Å². The molecular formula is C63H104O10. The predicted molar refractivity (Wildman–Crippen MR) is 296 cm³/mol. The zero-order valence-corrected chi connectivity index (χ0v) is 48.5. The van der Waals surface area contributed by atoms with Crippen LogP contribution in [0.3, 0.4) is 0 Å². The van der Waals surface area contributed by atoms with Crippen LogP contribution in [-0.2, 0) is 47.7 Å². The molecule has 10 unspecified atom stereocenters. The highest BCUT2D eigenvalue weighted by molar-refractivity contribution is 5.88. The fraction of sp³-hybridized carbons (Fsp3) is 0.762. The Morgan fingerprint density at radius 2 is 1.01 bits per heavy atom. The van der Waals surface area contributed by atoms with Crippen molar-refractivity contribution in [3.05, 3.63) is 60.8 Å². The molecule has 0 heterocycles. The van der Waals surface area contributed by atoms with Gasteiger partial charge in [-0.15, -0.1) is 0 Å². The van der Waals surface area contributed by atoms with E-state index in [9.17, 15) is 24.0 Å². The molecule has 0 spiro atoms. The minimum absolute atomic E-state index is 0.0884. The molecule has 0 aliphatic heterocycles. The molecule has 0 saturated heterocycles. The highest BCUT2D eigenvalue weighted by atomic mass is 16.6. The zero-order valence-electron chi connectivity index (χ0n) is 48.5. The number of fused-ring (bicyclic) bond motifs is 9. The molecule has 8 aliphatic rings. The van der Waals surface area contributed by atoms with Gasteiger partial charge in [-0.25, -0.2) is 24.0 Å². The van der Waals surface area contributed by atoms with Gasteiger partial charge in [0.1, 0.15) is 12.2 Å². The predicted octanol–water partition coefficient (Wildman–Crippen LogP) is 15.4. The molecule has 6 bridgehead atoms. The number of ether oxygens (including phenoxy) is 5. The van der Waals surface area contributed by atoms with Crippen molar-refractivity contribution >= 4 is 29.8 Å². The van der Waals surface area contributed by atoms with E-state index < -0.39 is 0 Å². The fourth-order valence-electron chi connectivity index (χ4n) is 13.0. The second kappa shape index (κ2) is 31.8. The Kier molecular flexibility index (Phi) is 28.4. The van der Waals surface area contributed by atoms with Gasteiger partial charge in [-0.1, -0.05) is 99.6 Å². The first kappa shape index (κ1) is 65.2. The van der Waals surface area contributed by atoms with Crippen molar-refractivity contribution in [1.82, 2.24) is 0 Å². The summed E-state index contributed by atoms with van der Waals surface area (Å²) in [5.74, 6) is 8.32. The molecule has 10 atom stereocenters. The van der Waals surface area contributed by atoms with Crippen molar-refractivity contribution in [2.45, 2.75) is 224 Å². The Labute approximate surface area is 444 Å². The van der Waals surface area contributed by atoms with E-state index in [0.717, 1.165) is 42.9 Å². The average Bonchev–Trinajstić information content (AvgIpc) is 4.24. The molecule has 8 rings (SSSR count). The number of esters is 5. The summed E-state index contributed by atoms with van der Waals surface area (Å²) in [6.45, 7) is 41.4. The van der Waals surface area contributed by atoms with E-state index in [1.165, 1.54) is 75.7 Å². The summed E-state index contributed by atoms with van der Waals surface area (Å²) in [5.41, 5.74) is 2.79. The maximum atomic E-state index is 11.6. The molecule has 416 valence electrons. The summed E-state index contributed by atoms with van der Waals surface area (Å²) in [7, 11) is 1.33. The first-order chi connectivity index (χ1) is 34.3. The largest absolute Gasteiger partial charge is 0.466 e. The smallest absolute Gasteiger partial charge is 0.333 e. The third-order valence-electron chi connectivity index (χ3n) is 17.8. The first-order valence-corrected chi connectivity index (χ1v) is 28.4. The van der Waals surface area contributed by atoms with Gasteiger partial charge in [-0.3, -0.25) is 0 Å². The van der Waals surface area contributed by atoms with Crippen molar-refractivity contribution in [3.63, 3.8) is 0 Å². The molecule has 10 nitrogen and oxygen atoms in total. The molecule has 0 amide bonds. The van der Waals surface area contributed by atoms with Crippen LogP contribution in [0.15, 0.2) is 60.8 Å². The minimum Gasteiger partial charge on any atom is -0.466 e. The van der Waals surface area contributed by atoms with E-state index in [1.807, 2.05) is 0 Å². The SMILES string of the molecule is C1CC2C3CCC(C3)C2C1.C=C(C)C(=O)OC.C=C(C)C(=O)OC1CC2CCC1(C)C2(C)C.C=C(C)C(=O)OC1CCC(C)CC1.C=C(C)C(=O)OCC.C=C(C)C(=O)OCC.CCCCC1CC2CCC1C2. The Balaban J connectivity index is 0.000000297. The molecule has 0 radical (unpaired) electrons. The molecule has 0 aromatic carbocycles. The van der Waals surface area contributed by atoms with Crippen LogP contribution in [-0.4, -0.2) is 62.4 Å². The topological polar surface area (TPSA) is 132 Å². The van der Waals surface area contributed by atoms with Crippen molar-refractivity contribution in [3.8, 4) is 0 Å². The highest BCUT2D eigenvalue weighted by Gasteiger charge is 2.63. The highest BCUT2D eigenvalue weighted by Crippen LogP contribution is 2.66. The summed E-state index contributed by atoms with van der Waals surface area (Å²) < 4.78 is 24.3. The van der Waals surface area contributed by atoms with Crippen molar-refractivity contribution in [2.24, 2.45) is 64.1 Å². The Morgan fingerprint density at radius 1 is 0.534 bits per heavy atom.